The summed E-state index contributed by atoms with van der Waals surface area (Å²) in [6.07, 6.45) is 2.75. The molecule has 20 heavy (non-hydrogen) atoms. The zero-order valence-electron chi connectivity index (χ0n) is 12.3. The first-order valence-electron chi connectivity index (χ1n) is 8.16. The third-order valence-electron chi connectivity index (χ3n) is 5.60. The third-order valence-corrected chi connectivity index (χ3v) is 5.60. The number of hydrogen-bond acceptors (Lipinski definition) is 1. The minimum atomic E-state index is -4.05. The van der Waals surface area contributed by atoms with E-state index in [1.54, 1.807) is 0 Å². The Morgan fingerprint density at radius 2 is 1.65 bits per heavy atom. The Kier molecular flexibility index (Phi) is 5.38. The minimum Gasteiger partial charge on any atom is -0.393 e. The molecule has 0 aromatic carbocycles. The Labute approximate surface area is 119 Å². The van der Waals surface area contributed by atoms with E-state index < -0.39 is 12.1 Å². The highest BCUT2D eigenvalue weighted by Crippen LogP contribution is 2.43. The van der Waals surface area contributed by atoms with Gasteiger partial charge in [-0.3, -0.25) is 0 Å². The van der Waals surface area contributed by atoms with Gasteiger partial charge in [0, 0.05) is 0 Å². The molecule has 0 spiro atoms. The lowest BCUT2D eigenvalue weighted by molar-refractivity contribution is -0.186. The van der Waals surface area contributed by atoms with Gasteiger partial charge in [0.2, 0.25) is 0 Å². The summed E-state index contributed by atoms with van der Waals surface area (Å²) in [5, 5.41) is 10.5. The van der Waals surface area contributed by atoms with E-state index in [4.69, 9.17) is 0 Å². The fourth-order valence-electron chi connectivity index (χ4n) is 4.19. The monoisotopic (exact) mass is 292 g/mol. The predicted octanol–water partition coefficient (Wildman–Crippen LogP) is 4.93. The molecule has 0 aliphatic heterocycles. The number of hydrogen-bond donors (Lipinski definition) is 1. The molecule has 3 atom stereocenters. The maximum absolute atomic E-state index is 12.7. The summed E-state index contributed by atoms with van der Waals surface area (Å²) in [6, 6.07) is 0. The third kappa shape index (κ3) is 3.90. The van der Waals surface area contributed by atoms with Crippen LogP contribution in [-0.2, 0) is 0 Å². The second kappa shape index (κ2) is 6.67. The van der Waals surface area contributed by atoms with Crippen LogP contribution < -0.4 is 0 Å². The standard InChI is InChI=1S/C16H27F3O/c1-2-11-4-3-5-13(10-11)15(20)12-6-8-14(9-7-12)16(17,18)19/h11-15,20H,2-10H2,1H3. The van der Waals surface area contributed by atoms with Crippen molar-refractivity contribution in [3.63, 3.8) is 0 Å². The molecule has 2 saturated carbocycles. The second-order valence-electron chi connectivity index (χ2n) is 6.84. The van der Waals surface area contributed by atoms with Gasteiger partial charge in [0.25, 0.3) is 0 Å². The van der Waals surface area contributed by atoms with E-state index in [9.17, 15) is 18.3 Å². The molecule has 3 unspecified atom stereocenters. The van der Waals surface area contributed by atoms with E-state index in [0.717, 1.165) is 25.7 Å². The van der Waals surface area contributed by atoms with Crippen molar-refractivity contribution < 1.29 is 18.3 Å². The maximum atomic E-state index is 12.7. The molecule has 1 nitrogen and oxygen atoms in total. The fraction of sp³-hybridized carbons (Fsp3) is 1.00. The minimum absolute atomic E-state index is 0.0919. The largest absolute Gasteiger partial charge is 0.393 e. The molecule has 4 heteroatoms. The fourth-order valence-corrected chi connectivity index (χ4v) is 4.19. The van der Waals surface area contributed by atoms with E-state index in [-0.39, 0.29) is 24.9 Å². The number of halogens is 3. The molecule has 1 N–H and O–H groups in total. The number of alkyl halides is 3. The van der Waals surface area contributed by atoms with Gasteiger partial charge in [0.1, 0.15) is 0 Å². The topological polar surface area (TPSA) is 20.2 Å². The smallest absolute Gasteiger partial charge is 0.391 e. The Hall–Kier alpha value is -0.250. The van der Waals surface area contributed by atoms with Gasteiger partial charge in [0.15, 0.2) is 0 Å². The second-order valence-corrected chi connectivity index (χ2v) is 6.84. The Bertz CT molecular complexity index is 295. The van der Waals surface area contributed by atoms with Gasteiger partial charge in [-0.05, 0) is 56.3 Å². The highest BCUT2D eigenvalue weighted by Gasteiger charge is 2.43. The van der Waals surface area contributed by atoms with E-state index in [1.165, 1.54) is 6.42 Å². The SMILES string of the molecule is CCC1CCCC(C(O)C2CCC(C(F)(F)F)CC2)C1. The van der Waals surface area contributed by atoms with Crippen molar-refractivity contribution in [1.29, 1.82) is 0 Å². The molecular formula is C16H27F3O. The summed E-state index contributed by atoms with van der Waals surface area (Å²) in [7, 11) is 0. The van der Waals surface area contributed by atoms with Gasteiger partial charge >= 0.3 is 6.18 Å². The molecule has 118 valence electrons. The molecular weight excluding hydrogens is 265 g/mol. The molecule has 0 radical (unpaired) electrons. The van der Waals surface area contributed by atoms with E-state index >= 15 is 0 Å². The first-order chi connectivity index (χ1) is 9.41. The van der Waals surface area contributed by atoms with Crippen molar-refractivity contribution in [2.75, 3.05) is 0 Å². The van der Waals surface area contributed by atoms with Crippen LogP contribution in [0, 0.1) is 23.7 Å². The van der Waals surface area contributed by atoms with Crippen LogP contribution in [0.1, 0.15) is 64.7 Å². The van der Waals surface area contributed by atoms with Gasteiger partial charge in [0.05, 0.1) is 12.0 Å². The predicted molar refractivity (Wildman–Crippen MR) is 73.2 cm³/mol. The van der Waals surface area contributed by atoms with Crippen molar-refractivity contribution in [3.8, 4) is 0 Å². The summed E-state index contributed by atoms with van der Waals surface area (Å²) in [5.74, 6) is -0.0223. The molecule has 0 amide bonds. The highest BCUT2D eigenvalue weighted by atomic mass is 19.4. The van der Waals surface area contributed by atoms with Crippen LogP contribution in [0.3, 0.4) is 0 Å². The maximum Gasteiger partial charge on any atom is 0.391 e. The molecule has 0 bridgehead atoms. The summed E-state index contributed by atoms with van der Waals surface area (Å²) in [6.45, 7) is 2.19. The molecule has 2 fully saturated rings. The first kappa shape index (κ1) is 16.1. The van der Waals surface area contributed by atoms with Crippen LogP contribution in [0.15, 0.2) is 0 Å². The van der Waals surface area contributed by atoms with Crippen LogP contribution >= 0.6 is 0 Å². The molecule has 2 aliphatic carbocycles. The van der Waals surface area contributed by atoms with Crippen molar-refractivity contribution in [2.45, 2.75) is 77.0 Å². The Morgan fingerprint density at radius 1 is 1.00 bits per heavy atom. The molecule has 0 aromatic rings. The summed E-state index contributed by atoms with van der Waals surface area (Å²) in [4.78, 5) is 0. The van der Waals surface area contributed by atoms with Crippen molar-refractivity contribution in [2.24, 2.45) is 23.7 Å². The Morgan fingerprint density at radius 3 is 2.20 bits per heavy atom. The summed E-state index contributed by atoms with van der Waals surface area (Å²) < 4.78 is 38.0. The first-order valence-corrected chi connectivity index (χ1v) is 8.16. The van der Waals surface area contributed by atoms with Gasteiger partial charge < -0.3 is 5.11 Å². The number of rotatable bonds is 3. The van der Waals surface area contributed by atoms with Crippen molar-refractivity contribution >= 4 is 0 Å². The van der Waals surface area contributed by atoms with Crippen LogP contribution in [0.25, 0.3) is 0 Å². The van der Waals surface area contributed by atoms with E-state index in [0.29, 0.717) is 24.7 Å². The normalized spacial score (nSPS) is 37.6. The van der Waals surface area contributed by atoms with E-state index in [2.05, 4.69) is 6.92 Å². The quantitative estimate of drug-likeness (QED) is 0.781. The van der Waals surface area contributed by atoms with Crippen LogP contribution in [0.2, 0.25) is 0 Å². The average molecular weight is 292 g/mol. The lowest BCUT2D eigenvalue weighted by Gasteiger charge is -2.38. The molecule has 2 rings (SSSR count). The molecule has 0 saturated heterocycles. The highest BCUT2D eigenvalue weighted by molar-refractivity contribution is 4.86. The molecule has 0 aromatic heterocycles. The van der Waals surface area contributed by atoms with Gasteiger partial charge in [-0.15, -0.1) is 0 Å². The zero-order chi connectivity index (χ0) is 14.8. The lowest BCUT2D eigenvalue weighted by Crippen LogP contribution is -2.37. The van der Waals surface area contributed by atoms with Crippen LogP contribution in [-0.4, -0.2) is 17.4 Å². The lowest BCUT2D eigenvalue weighted by atomic mass is 9.70. The molecule has 2 aliphatic rings. The zero-order valence-corrected chi connectivity index (χ0v) is 12.3. The summed E-state index contributed by atoms with van der Waals surface area (Å²) in [5.41, 5.74) is 0. The average Bonchev–Trinajstić information content (AvgIpc) is 2.46. The van der Waals surface area contributed by atoms with Crippen LogP contribution in [0.4, 0.5) is 13.2 Å². The van der Waals surface area contributed by atoms with Crippen LogP contribution in [0.5, 0.6) is 0 Å². The van der Waals surface area contributed by atoms with E-state index in [1.807, 2.05) is 0 Å². The van der Waals surface area contributed by atoms with Gasteiger partial charge in [-0.1, -0.05) is 26.2 Å². The Balaban J connectivity index is 1.83. The molecule has 0 heterocycles. The number of aliphatic hydroxyl groups excluding tert-OH is 1. The van der Waals surface area contributed by atoms with Gasteiger partial charge in [-0.25, -0.2) is 0 Å². The van der Waals surface area contributed by atoms with Gasteiger partial charge in [-0.2, -0.15) is 13.2 Å². The summed E-state index contributed by atoms with van der Waals surface area (Å²) >= 11 is 0. The van der Waals surface area contributed by atoms with Crippen molar-refractivity contribution in [3.05, 3.63) is 0 Å². The number of aliphatic hydroxyl groups is 1. The van der Waals surface area contributed by atoms with Crippen molar-refractivity contribution in [1.82, 2.24) is 0 Å².